The fourth-order valence-corrected chi connectivity index (χ4v) is 12.7. The van der Waals surface area contributed by atoms with Crippen molar-refractivity contribution in [2.24, 2.45) is 45.3 Å². The summed E-state index contributed by atoms with van der Waals surface area (Å²) in [7, 11) is 0. The van der Waals surface area contributed by atoms with Crippen LogP contribution in [-0.4, -0.2) is 150 Å². The van der Waals surface area contributed by atoms with Gasteiger partial charge in [-0.25, -0.2) is 0 Å². The number of allylic oxidation sites excluding steroid dienone is 1. The third-order valence-electron chi connectivity index (χ3n) is 16.5. The Morgan fingerprint density at radius 2 is 1.39 bits per heavy atom. The maximum absolute atomic E-state index is 11.0. The normalized spacial score (nSPS) is 49.6. The molecule has 6 rings (SSSR count). The summed E-state index contributed by atoms with van der Waals surface area (Å²) in [5.74, 6) is 1.33. The number of aliphatic hydroxyl groups excluding tert-OH is 9. The van der Waals surface area contributed by atoms with Gasteiger partial charge < -0.3 is 70.0 Å². The predicted molar refractivity (Wildman–Crippen MR) is 202 cm³/mol. The van der Waals surface area contributed by atoms with E-state index in [1.807, 2.05) is 0 Å². The molecule has 0 aromatic rings. The van der Waals surface area contributed by atoms with E-state index in [0.29, 0.717) is 30.6 Å². The molecule has 6 aliphatic rings. The molecule has 20 atom stereocenters. The molecule has 0 aromatic carbocycles. The lowest BCUT2D eigenvalue weighted by Crippen LogP contribution is -2.63. The van der Waals surface area contributed by atoms with Gasteiger partial charge in [0.2, 0.25) is 0 Å². The van der Waals surface area contributed by atoms with Crippen molar-refractivity contribution in [1.29, 1.82) is 0 Å². The van der Waals surface area contributed by atoms with E-state index in [1.54, 1.807) is 0 Å². The SMILES string of the molecule is C[C@H](C[C@H](O)[C@H](O)C(C)(C)O)[C@H]1CC[C@@]2(C)[C@@H]3CC=C4[C@@H](CC[C@H](O[C@@H]5O[C@H](CO[C@@H]6O[C@H](CO)[C@@H](O)[C@H](O)[C@H]6O)[C@@H](O)[C@H](O)[C@H]5O)C4(C)C)[C@]3(C)CC[C@]12C. The van der Waals surface area contributed by atoms with E-state index >= 15 is 0 Å². The van der Waals surface area contributed by atoms with Gasteiger partial charge in [-0.3, -0.25) is 0 Å². The highest BCUT2D eigenvalue weighted by Gasteiger charge is 2.67. The molecule has 4 aliphatic carbocycles. The molecule has 0 spiro atoms. The van der Waals surface area contributed by atoms with E-state index in [9.17, 15) is 51.1 Å². The molecule has 3 saturated carbocycles. The minimum Gasteiger partial charge on any atom is -0.394 e. The van der Waals surface area contributed by atoms with E-state index in [1.165, 1.54) is 19.4 Å². The van der Waals surface area contributed by atoms with Gasteiger partial charge in [0.15, 0.2) is 12.6 Å². The zero-order chi connectivity index (χ0) is 41.5. The number of aliphatic hydroxyl groups is 10. The van der Waals surface area contributed by atoms with Gasteiger partial charge in [-0.2, -0.15) is 0 Å². The van der Waals surface area contributed by atoms with Gasteiger partial charge in [0, 0.05) is 5.41 Å². The third-order valence-corrected chi connectivity index (χ3v) is 16.5. The smallest absolute Gasteiger partial charge is 0.187 e. The van der Waals surface area contributed by atoms with E-state index in [4.69, 9.17) is 18.9 Å². The second-order valence-corrected chi connectivity index (χ2v) is 20.3. The topological polar surface area (TPSA) is 239 Å². The van der Waals surface area contributed by atoms with Crippen LogP contribution in [0.2, 0.25) is 0 Å². The number of hydrogen-bond acceptors (Lipinski definition) is 14. The summed E-state index contributed by atoms with van der Waals surface area (Å²) in [6, 6.07) is 0. The fourth-order valence-electron chi connectivity index (χ4n) is 12.7. The summed E-state index contributed by atoms with van der Waals surface area (Å²) < 4.78 is 23.6. The molecule has 10 N–H and O–H groups in total. The first-order chi connectivity index (χ1) is 25.9. The van der Waals surface area contributed by atoms with Crippen LogP contribution in [0.15, 0.2) is 11.6 Å². The summed E-state index contributed by atoms with van der Waals surface area (Å²) in [4.78, 5) is 0. The lowest BCUT2D eigenvalue weighted by Gasteiger charge is -2.66. The molecule has 5 fully saturated rings. The monoisotopic (exact) mass is 800 g/mol. The second kappa shape index (κ2) is 15.9. The Morgan fingerprint density at radius 1 is 0.786 bits per heavy atom. The van der Waals surface area contributed by atoms with Crippen molar-refractivity contribution in [3.05, 3.63) is 11.6 Å². The van der Waals surface area contributed by atoms with Crippen molar-refractivity contribution in [2.75, 3.05) is 13.2 Å². The maximum atomic E-state index is 11.0. The zero-order valence-electron chi connectivity index (χ0n) is 34.6. The summed E-state index contributed by atoms with van der Waals surface area (Å²) in [6.45, 7) is 15.9. The average Bonchev–Trinajstić information content (AvgIpc) is 3.41. The van der Waals surface area contributed by atoms with E-state index in [2.05, 4.69) is 47.6 Å². The van der Waals surface area contributed by atoms with Gasteiger partial charge in [-0.1, -0.05) is 53.2 Å². The standard InChI is InChI=1S/C42H72O14/c1-20(17-24(44)35(51)39(4,5)52)21-13-14-42(8)27-11-9-22-23(40(27,6)15-16-41(21,42)7)10-12-28(38(22,2)3)56-37-34(50)32(48)30(46)26(55-37)19-53-36-33(49)31(47)29(45)25(18-43)54-36/h9,20-21,23-37,43-52H,10-19H2,1-8H3/t20-,21-,23-,24+,25-,26-,27-,28+,29-,30-,31+,32+,33-,34-,35+,36-,37+,40+,41-,42+/m1/s1. The Bertz CT molecular complexity index is 1400. The van der Waals surface area contributed by atoms with Gasteiger partial charge in [0.1, 0.15) is 54.9 Å². The van der Waals surface area contributed by atoms with Crippen molar-refractivity contribution in [1.82, 2.24) is 0 Å². The predicted octanol–water partition coefficient (Wildman–Crippen LogP) is 1.12. The third kappa shape index (κ3) is 7.37. The van der Waals surface area contributed by atoms with Gasteiger partial charge in [-0.15, -0.1) is 0 Å². The minimum atomic E-state index is -1.66. The first kappa shape index (κ1) is 44.7. The maximum Gasteiger partial charge on any atom is 0.187 e. The van der Waals surface area contributed by atoms with Crippen LogP contribution in [0, 0.1) is 45.3 Å². The van der Waals surface area contributed by atoms with Gasteiger partial charge in [0.05, 0.1) is 31.0 Å². The Kier molecular flexibility index (Phi) is 12.7. The van der Waals surface area contributed by atoms with Crippen molar-refractivity contribution >= 4 is 0 Å². The lowest BCUT2D eigenvalue weighted by atomic mass is 9.39. The molecular weight excluding hydrogens is 728 g/mol. The molecule has 0 amide bonds. The van der Waals surface area contributed by atoms with Gasteiger partial charge >= 0.3 is 0 Å². The van der Waals surface area contributed by atoms with Crippen LogP contribution >= 0.6 is 0 Å². The highest BCUT2D eigenvalue weighted by atomic mass is 16.7. The molecule has 0 aromatic heterocycles. The zero-order valence-corrected chi connectivity index (χ0v) is 34.6. The molecule has 2 heterocycles. The summed E-state index contributed by atoms with van der Waals surface area (Å²) in [6.07, 6.45) is -7.75. The van der Waals surface area contributed by atoms with Gasteiger partial charge in [0.25, 0.3) is 0 Å². The molecule has 0 radical (unpaired) electrons. The molecule has 0 unspecified atom stereocenters. The van der Waals surface area contributed by atoms with Crippen LogP contribution in [0.1, 0.15) is 107 Å². The molecule has 14 nitrogen and oxygen atoms in total. The summed E-state index contributed by atoms with van der Waals surface area (Å²) in [5.41, 5.74) is -0.325. The molecular formula is C42H72O14. The molecule has 56 heavy (non-hydrogen) atoms. The Labute approximate surface area is 331 Å². The van der Waals surface area contributed by atoms with Crippen LogP contribution in [0.5, 0.6) is 0 Å². The lowest BCUT2D eigenvalue weighted by molar-refractivity contribution is -0.340. The minimum absolute atomic E-state index is 0.0450. The van der Waals surface area contributed by atoms with E-state index in [0.717, 1.165) is 38.5 Å². The highest BCUT2D eigenvalue weighted by molar-refractivity contribution is 5.30. The van der Waals surface area contributed by atoms with Crippen LogP contribution in [0.4, 0.5) is 0 Å². The van der Waals surface area contributed by atoms with Crippen molar-refractivity contribution in [3.8, 4) is 0 Å². The van der Waals surface area contributed by atoms with Crippen LogP contribution in [0.3, 0.4) is 0 Å². The molecule has 0 bridgehead atoms. The van der Waals surface area contributed by atoms with Crippen LogP contribution in [0.25, 0.3) is 0 Å². The van der Waals surface area contributed by atoms with Gasteiger partial charge in [-0.05, 0) is 105 Å². The molecule has 14 heteroatoms. The molecule has 2 saturated heterocycles. The Morgan fingerprint density at radius 3 is 2.02 bits per heavy atom. The first-order valence-electron chi connectivity index (χ1n) is 21.0. The average molecular weight is 801 g/mol. The number of ether oxygens (including phenoxy) is 4. The van der Waals surface area contributed by atoms with Crippen molar-refractivity contribution in [2.45, 2.75) is 192 Å². The fraction of sp³-hybridized carbons (Fsp3) is 0.952. The van der Waals surface area contributed by atoms with Crippen molar-refractivity contribution < 1.29 is 70.0 Å². The molecule has 2 aliphatic heterocycles. The van der Waals surface area contributed by atoms with E-state index in [-0.39, 0.29) is 28.3 Å². The van der Waals surface area contributed by atoms with Crippen LogP contribution < -0.4 is 0 Å². The number of fused-ring (bicyclic) bond motifs is 5. The Balaban J connectivity index is 1.14. The van der Waals surface area contributed by atoms with Crippen molar-refractivity contribution in [3.63, 3.8) is 0 Å². The largest absolute Gasteiger partial charge is 0.394 e. The summed E-state index contributed by atoms with van der Waals surface area (Å²) in [5, 5.41) is 105. The highest BCUT2D eigenvalue weighted by Crippen LogP contribution is 2.75. The quantitative estimate of drug-likeness (QED) is 0.132. The number of hydrogen-bond donors (Lipinski definition) is 10. The number of rotatable bonds is 11. The molecule has 324 valence electrons. The first-order valence-corrected chi connectivity index (χ1v) is 21.0. The second-order valence-electron chi connectivity index (χ2n) is 20.3. The summed E-state index contributed by atoms with van der Waals surface area (Å²) >= 11 is 0. The van der Waals surface area contributed by atoms with E-state index < -0.39 is 97.8 Å². The van der Waals surface area contributed by atoms with Crippen LogP contribution in [-0.2, 0) is 18.9 Å². The Hall–Kier alpha value is -0.820.